The minimum atomic E-state index is -0.454. The molecule has 1 aliphatic rings. The minimum Gasteiger partial charge on any atom is -0.485 e. The molecular weight excluding hydrogens is 460 g/mol. The Morgan fingerprint density at radius 2 is 1.91 bits per heavy atom. The van der Waals surface area contributed by atoms with Crippen LogP contribution in [0.5, 0.6) is 5.75 Å². The third-order valence-electron chi connectivity index (χ3n) is 6.19. The molecule has 0 saturated carbocycles. The number of nitrogens with one attached hydrogen (secondary N) is 1. The predicted molar refractivity (Wildman–Crippen MR) is 137 cm³/mol. The van der Waals surface area contributed by atoms with Gasteiger partial charge in [-0.05, 0) is 52.1 Å². The van der Waals surface area contributed by atoms with Crippen LogP contribution in [0, 0.1) is 0 Å². The van der Waals surface area contributed by atoms with Crippen LogP contribution in [-0.2, 0) is 4.79 Å². The van der Waals surface area contributed by atoms with Gasteiger partial charge in [-0.2, -0.15) is 16.4 Å². The molecule has 0 aliphatic carbocycles. The number of amides is 1. The number of carbonyl (C=O) groups excluding carboxylic acids is 2. The molecule has 2 aromatic carbocycles. The summed E-state index contributed by atoms with van der Waals surface area (Å²) in [6.07, 6.45) is 0. The molecule has 4 aromatic rings. The molecule has 0 saturated heterocycles. The van der Waals surface area contributed by atoms with Gasteiger partial charge in [-0.1, -0.05) is 44.2 Å². The summed E-state index contributed by atoms with van der Waals surface area (Å²) in [6, 6.07) is 17.1. The number of nitrogens with two attached hydrogens (primary N) is 1. The zero-order valence-corrected chi connectivity index (χ0v) is 20.3. The summed E-state index contributed by atoms with van der Waals surface area (Å²) in [5.41, 5.74) is 11.4. The lowest BCUT2D eigenvalue weighted by Gasteiger charge is -2.28. The van der Waals surface area contributed by atoms with Crippen LogP contribution in [0.2, 0.25) is 0 Å². The Balaban J connectivity index is 1.61. The Labute approximate surface area is 207 Å². The molecule has 1 amide bonds. The van der Waals surface area contributed by atoms with E-state index in [9.17, 15) is 9.59 Å². The molecule has 0 spiro atoms. The summed E-state index contributed by atoms with van der Waals surface area (Å²) in [5, 5.41) is 11.6. The SMILES string of the molecule is CC(C)c1[nH]nc2c1C(c1ccccc1OCC(=O)CN)N(c1ccc(-c3ccsc3)cc1)C2=O. The number of Topliss-reactive ketones (excluding diaryl/α,β-unsaturated/α-hetero) is 1. The van der Waals surface area contributed by atoms with Gasteiger partial charge in [0.05, 0.1) is 12.6 Å². The maximum atomic E-state index is 13.7. The van der Waals surface area contributed by atoms with Gasteiger partial charge >= 0.3 is 0 Å². The molecule has 5 rings (SSSR count). The second-order valence-corrected chi connectivity index (χ2v) is 9.54. The Hall–Kier alpha value is -3.75. The molecule has 0 radical (unpaired) electrons. The van der Waals surface area contributed by atoms with E-state index >= 15 is 0 Å². The quantitative estimate of drug-likeness (QED) is 0.368. The lowest BCUT2D eigenvalue weighted by molar-refractivity contribution is -0.119. The number of anilines is 1. The predicted octanol–water partition coefficient (Wildman–Crippen LogP) is 4.92. The van der Waals surface area contributed by atoms with Crippen LogP contribution in [-0.4, -0.2) is 35.0 Å². The monoisotopic (exact) mass is 486 g/mol. The lowest BCUT2D eigenvalue weighted by Crippen LogP contribution is -2.30. The molecule has 0 bridgehead atoms. The van der Waals surface area contributed by atoms with E-state index in [0.29, 0.717) is 11.4 Å². The van der Waals surface area contributed by atoms with Gasteiger partial charge in [0.25, 0.3) is 5.91 Å². The van der Waals surface area contributed by atoms with Crippen molar-refractivity contribution < 1.29 is 14.3 Å². The number of H-pyrrole nitrogens is 1. The number of aromatic nitrogens is 2. The number of hydrogen-bond donors (Lipinski definition) is 2. The van der Waals surface area contributed by atoms with E-state index in [1.54, 1.807) is 16.2 Å². The van der Waals surface area contributed by atoms with E-state index < -0.39 is 6.04 Å². The molecule has 1 aliphatic heterocycles. The average molecular weight is 487 g/mol. The van der Waals surface area contributed by atoms with Crippen LogP contribution >= 0.6 is 11.3 Å². The number of benzene rings is 2. The summed E-state index contributed by atoms with van der Waals surface area (Å²) in [7, 11) is 0. The highest BCUT2D eigenvalue weighted by Crippen LogP contribution is 2.46. The molecular formula is C27H26N4O3S. The van der Waals surface area contributed by atoms with E-state index in [1.807, 2.05) is 53.9 Å². The Bertz CT molecular complexity index is 1360. The average Bonchev–Trinajstić information content (AvgIpc) is 3.61. The smallest absolute Gasteiger partial charge is 0.280 e. The van der Waals surface area contributed by atoms with Crippen LogP contribution < -0.4 is 15.4 Å². The summed E-state index contributed by atoms with van der Waals surface area (Å²) < 4.78 is 5.88. The Kier molecular flexibility index (Phi) is 6.23. The number of ether oxygens (including phenoxy) is 1. The topological polar surface area (TPSA) is 101 Å². The highest BCUT2D eigenvalue weighted by Gasteiger charge is 2.44. The molecule has 2 aromatic heterocycles. The van der Waals surface area contributed by atoms with Crippen LogP contribution in [0.15, 0.2) is 65.4 Å². The molecule has 0 fully saturated rings. The van der Waals surface area contributed by atoms with Crippen molar-refractivity contribution in [3.63, 3.8) is 0 Å². The first-order valence-corrected chi connectivity index (χ1v) is 12.4. The Morgan fingerprint density at radius 1 is 1.14 bits per heavy atom. The lowest BCUT2D eigenvalue weighted by atomic mass is 9.94. The molecule has 1 atom stereocenters. The van der Waals surface area contributed by atoms with Crippen molar-refractivity contribution in [1.82, 2.24) is 10.2 Å². The van der Waals surface area contributed by atoms with Gasteiger partial charge in [-0.3, -0.25) is 19.6 Å². The number of rotatable bonds is 8. The normalized spacial score (nSPS) is 15.0. The number of nitrogens with zero attached hydrogens (tertiary/aromatic N) is 2. The molecule has 35 heavy (non-hydrogen) atoms. The fourth-order valence-corrected chi connectivity index (χ4v) is 5.13. The van der Waals surface area contributed by atoms with Crippen LogP contribution in [0.3, 0.4) is 0 Å². The van der Waals surface area contributed by atoms with Crippen LogP contribution in [0.1, 0.15) is 53.1 Å². The number of para-hydroxylation sites is 1. The van der Waals surface area contributed by atoms with Crippen molar-refractivity contribution in [1.29, 1.82) is 0 Å². The highest BCUT2D eigenvalue weighted by molar-refractivity contribution is 7.08. The molecule has 178 valence electrons. The van der Waals surface area contributed by atoms with Crippen molar-refractivity contribution in [2.45, 2.75) is 25.8 Å². The van der Waals surface area contributed by atoms with Gasteiger partial charge in [0.15, 0.2) is 11.5 Å². The zero-order valence-electron chi connectivity index (χ0n) is 19.5. The van der Waals surface area contributed by atoms with E-state index in [-0.39, 0.29) is 30.8 Å². The van der Waals surface area contributed by atoms with E-state index in [1.165, 1.54) is 0 Å². The van der Waals surface area contributed by atoms with Gasteiger partial charge in [-0.15, -0.1) is 0 Å². The minimum absolute atomic E-state index is 0.0872. The number of ketones is 1. The Morgan fingerprint density at radius 3 is 2.60 bits per heavy atom. The standard InChI is InChI=1S/C27H26N4O3S/c1-16(2)24-23-25(30-29-24)27(33)31(19-9-7-17(8-10-19)18-11-12-35-15-18)26(23)21-5-3-4-6-22(21)34-14-20(32)13-28/h3-12,15-16,26H,13-14,28H2,1-2H3,(H,29,30). The summed E-state index contributed by atoms with van der Waals surface area (Å²) in [4.78, 5) is 27.3. The summed E-state index contributed by atoms with van der Waals surface area (Å²) in [5.74, 6) is 0.296. The van der Waals surface area contributed by atoms with Crippen molar-refractivity contribution in [2.75, 3.05) is 18.1 Å². The maximum Gasteiger partial charge on any atom is 0.280 e. The fraction of sp³-hybridized carbons (Fsp3) is 0.222. The van der Waals surface area contributed by atoms with Gasteiger partial charge in [0, 0.05) is 22.5 Å². The summed E-state index contributed by atoms with van der Waals surface area (Å²) >= 11 is 1.65. The second-order valence-electron chi connectivity index (χ2n) is 8.76. The first-order chi connectivity index (χ1) is 17.0. The van der Waals surface area contributed by atoms with Gasteiger partial charge in [0.1, 0.15) is 12.4 Å². The molecule has 3 heterocycles. The summed E-state index contributed by atoms with van der Waals surface area (Å²) in [6.45, 7) is 3.92. The van der Waals surface area contributed by atoms with Crippen molar-refractivity contribution >= 4 is 28.7 Å². The molecule has 1 unspecified atom stereocenters. The van der Waals surface area contributed by atoms with E-state index in [4.69, 9.17) is 10.5 Å². The number of hydrogen-bond acceptors (Lipinski definition) is 6. The largest absolute Gasteiger partial charge is 0.485 e. The number of thiophene rings is 1. The van der Waals surface area contributed by atoms with E-state index in [2.05, 4.69) is 35.5 Å². The van der Waals surface area contributed by atoms with E-state index in [0.717, 1.165) is 33.6 Å². The number of aromatic amines is 1. The molecule has 7 nitrogen and oxygen atoms in total. The number of carbonyl (C=O) groups is 2. The second kappa shape index (κ2) is 9.48. The van der Waals surface area contributed by atoms with Gasteiger partial charge in [0.2, 0.25) is 0 Å². The number of fused-ring (bicyclic) bond motifs is 1. The third kappa shape index (κ3) is 4.15. The maximum absolute atomic E-state index is 13.7. The molecule has 3 N–H and O–H groups in total. The van der Waals surface area contributed by atoms with Crippen molar-refractivity contribution in [3.05, 3.63) is 87.9 Å². The first-order valence-electron chi connectivity index (χ1n) is 11.5. The highest BCUT2D eigenvalue weighted by atomic mass is 32.1. The van der Waals surface area contributed by atoms with Gasteiger partial charge in [-0.25, -0.2) is 0 Å². The van der Waals surface area contributed by atoms with Crippen molar-refractivity contribution in [3.8, 4) is 16.9 Å². The zero-order chi connectivity index (χ0) is 24.5. The van der Waals surface area contributed by atoms with Crippen LogP contribution in [0.4, 0.5) is 5.69 Å². The van der Waals surface area contributed by atoms with Crippen molar-refractivity contribution in [2.24, 2.45) is 5.73 Å². The van der Waals surface area contributed by atoms with Gasteiger partial charge < -0.3 is 10.5 Å². The molecule has 8 heteroatoms. The first kappa shape index (κ1) is 23.0. The van der Waals surface area contributed by atoms with Crippen LogP contribution in [0.25, 0.3) is 11.1 Å². The fourth-order valence-electron chi connectivity index (χ4n) is 4.46. The third-order valence-corrected chi connectivity index (χ3v) is 6.88.